The smallest absolute Gasteiger partial charge is 0.231 e. The molecule has 1 saturated heterocycles. The van der Waals surface area contributed by atoms with Crippen molar-refractivity contribution in [3.8, 4) is 0 Å². The molecule has 1 aromatic carbocycles. The number of nitrogens with zero attached hydrogens (tertiary/aromatic N) is 1. The van der Waals surface area contributed by atoms with Crippen molar-refractivity contribution in [3.05, 3.63) is 33.8 Å². The average Bonchev–Trinajstić information content (AvgIpc) is 2.56. The van der Waals surface area contributed by atoms with Gasteiger partial charge in [0.05, 0.1) is 22.1 Å². The van der Waals surface area contributed by atoms with Gasteiger partial charge in [-0.05, 0) is 50.6 Å². The van der Waals surface area contributed by atoms with Crippen molar-refractivity contribution in [2.45, 2.75) is 26.3 Å². The van der Waals surface area contributed by atoms with Crippen molar-refractivity contribution < 1.29 is 9.53 Å². The van der Waals surface area contributed by atoms with Gasteiger partial charge in [0.15, 0.2) is 0 Å². The van der Waals surface area contributed by atoms with Gasteiger partial charge in [-0.3, -0.25) is 4.79 Å². The molecule has 1 fully saturated rings. The highest BCUT2D eigenvalue weighted by atomic mass is 35.5. The van der Waals surface area contributed by atoms with Crippen LogP contribution in [0, 0.1) is 5.41 Å². The fraction of sp³-hybridized carbons (Fsp3) is 0.588. The summed E-state index contributed by atoms with van der Waals surface area (Å²) in [6.07, 6.45) is 1.61. The molecule has 0 atom stereocenters. The number of halogens is 3. The molecule has 0 bridgehead atoms. The first-order chi connectivity index (χ1) is 11.0. The molecule has 1 aliphatic rings. The molecule has 1 amide bonds. The summed E-state index contributed by atoms with van der Waals surface area (Å²) in [6.45, 7) is 5.34. The maximum Gasteiger partial charge on any atom is 0.231 e. The Labute approximate surface area is 160 Å². The number of hydrogen-bond donors (Lipinski definition) is 1. The van der Waals surface area contributed by atoms with Gasteiger partial charge in [-0.1, -0.05) is 29.3 Å². The molecule has 136 valence electrons. The number of amides is 1. The highest BCUT2D eigenvalue weighted by molar-refractivity contribution is 6.42. The van der Waals surface area contributed by atoms with E-state index in [2.05, 4.69) is 5.32 Å². The van der Waals surface area contributed by atoms with Crippen LogP contribution in [0.25, 0.3) is 0 Å². The third-order valence-corrected chi connectivity index (χ3v) is 5.20. The molecule has 0 aliphatic carbocycles. The minimum absolute atomic E-state index is 0. The highest BCUT2D eigenvalue weighted by Crippen LogP contribution is 2.32. The van der Waals surface area contributed by atoms with Crippen LogP contribution in [0.5, 0.6) is 0 Å². The minimum atomic E-state index is -0.424. The summed E-state index contributed by atoms with van der Waals surface area (Å²) < 4.78 is 5.37. The van der Waals surface area contributed by atoms with Gasteiger partial charge >= 0.3 is 0 Å². The lowest BCUT2D eigenvalue weighted by Crippen LogP contribution is -2.51. The van der Waals surface area contributed by atoms with Gasteiger partial charge in [0.2, 0.25) is 5.91 Å². The highest BCUT2D eigenvalue weighted by Gasteiger charge is 2.41. The Morgan fingerprint density at radius 3 is 2.50 bits per heavy atom. The van der Waals surface area contributed by atoms with Crippen LogP contribution in [0.4, 0.5) is 0 Å². The Hall–Kier alpha value is -0.520. The molecule has 0 radical (unpaired) electrons. The summed E-state index contributed by atoms with van der Waals surface area (Å²) in [5, 5.41) is 4.36. The maximum absolute atomic E-state index is 13.2. The first kappa shape index (κ1) is 21.5. The Balaban J connectivity index is 0.00000288. The van der Waals surface area contributed by atoms with Crippen LogP contribution in [-0.2, 0) is 16.1 Å². The average molecular weight is 396 g/mol. The zero-order valence-corrected chi connectivity index (χ0v) is 16.4. The van der Waals surface area contributed by atoms with Gasteiger partial charge in [-0.25, -0.2) is 0 Å². The van der Waals surface area contributed by atoms with Crippen molar-refractivity contribution in [2.75, 3.05) is 33.4 Å². The van der Waals surface area contributed by atoms with Gasteiger partial charge in [-0.15, -0.1) is 12.4 Å². The van der Waals surface area contributed by atoms with E-state index >= 15 is 0 Å². The normalized spacial score (nSPS) is 16.3. The van der Waals surface area contributed by atoms with Gasteiger partial charge in [-0.2, -0.15) is 0 Å². The van der Waals surface area contributed by atoms with Crippen LogP contribution in [-0.4, -0.2) is 44.2 Å². The van der Waals surface area contributed by atoms with E-state index in [0.29, 0.717) is 29.7 Å². The Morgan fingerprint density at radius 2 is 1.96 bits per heavy atom. The summed E-state index contributed by atoms with van der Waals surface area (Å²) >= 11 is 12.0. The Bertz CT molecular complexity index is 543. The summed E-state index contributed by atoms with van der Waals surface area (Å²) in [5.41, 5.74) is 0.558. The van der Waals surface area contributed by atoms with Crippen molar-refractivity contribution in [3.63, 3.8) is 0 Å². The molecule has 4 nitrogen and oxygen atoms in total. The van der Waals surface area contributed by atoms with E-state index < -0.39 is 5.41 Å². The second-order valence-electron chi connectivity index (χ2n) is 6.03. The number of carbonyl (C=O) groups is 1. The van der Waals surface area contributed by atoms with Crippen LogP contribution in [0.3, 0.4) is 0 Å². The molecule has 0 aromatic heterocycles. The van der Waals surface area contributed by atoms with Crippen molar-refractivity contribution in [1.82, 2.24) is 10.2 Å². The molecule has 1 N–H and O–H groups in total. The van der Waals surface area contributed by atoms with E-state index in [0.717, 1.165) is 31.5 Å². The van der Waals surface area contributed by atoms with Crippen LogP contribution in [0.2, 0.25) is 10.0 Å². The lowest BCUT2D eigenvalue weighted by molar-refractivity contribution is -0.148. The van der Waals surface area contributed by atoms with E-state index in [4.69, 9.17) is 27.9 Å². The topological polar surface area (TPSA) is 41.6 Å². The van der Waals surface area contributed by atoms with E-state index in [-0.39, 0.29) is 18.3 Å². The quantitative estimate of drug-likeness (QED) is 0.797. The molecule has 0 saturated carbocycles. The van der Waals surface area contributed by atoms with Gasteiger partial charge in [0.25, 0.3) is 0 Å². The monoisotopic (exact) mass is 394 g/mol. The zero-order valence-electron chi connectivity index (χ0n) is 14.1. The van der Waals surface area contributed by atoms with Gasteiger partial charge in [0.1, 0.15) is 0 Å². The third-order valence-electron chi connectivity index (χ3n) is 4.46. The number of carbonyl (C=O) groups excluding carboxylic acids is 1. The standard InChI is InChI=1S/C17H24Cl2N2O2.ClH/c1-3-21(11-13-4-5-14(18)15(19)10-13)16(22)17(12-23-2)6-8-20-9-7-17;/h4-5,10,20H,3,6-9,11-12H2,1-2H3;1H. The van der Waals surface area contributed by atoms with E-state index in [1.165, 1.54) is 0 Å². The SMILES string of the molecule is CCN(Cc1ccc(Cl)c(Cl)c1)C(=O)C1(COC)CCNCC1.Cl. The third kappa shape index (κ3) is 4.99. The molecule has 0 unspecified atom stereocenters. The molecule has 1 aromatic rings. The van der Waals surface area contributed by atoms with Crippen molar-refractivity contribution in [2.24, 2.45) is 5.41 Å². The van der Waals surface area contributed by atoms with Crippen LogP contribution in [0.1, 0.15) is 25.3 Å². The zero-order chi connectivity index (χ0) is 16.9. The summed E-state index contributed by atoms with van der Waals surface area (Å²) in [7, 11) is 1.66. The summed E-state index contributed by atoms with van der Waals surface area (Å²) in [4.78, 5) is 15.0. The van der Waals surface area contributed by atoms with E-state index in [1.807, 2.05) is 24.0 Å². The first-order valence-corrected chi connectivity index (χ1v) is 8.71. The maximum atomic E-state index is 13.2. The second-order valence-corrected chi connectivity index (χ2v) is 6.85. The van der Waals surface area contributed by atoms with Crippen LogP contribution >= 0.6 is 35.6 Å². The molecule has 7 heteroatoms. The van der Waals surface area contributed by atoms with E-state index in [1.54, 1.807) is 13.2 Å². The van der Waals surface area contributed by atoms with Crippen molar-refractivity contribution >= 4 is 41.5 Å². The minimum Gasteiger partial charge on any atom is -0.384 e. The number of nitrogens with one attached hydrogen (secondary N) is 1. The number of hydrogen-bond acceptors (Lipinski definition) is 3. The molecule has 1 heterocycles. The molecular weight excluding hydrogens is 371 g/mol. The molecule has 1 aliphatic heterocycles. The predicted molar refractivity (Wildman–Crippen MR) is 101 cm³/mol. The van der Waals surface area contributed by atoms with Crippen LogP contribution in [0.15, 0.2) is 18.2 Å². The largest absolute Gasteiger partial charge is 0.384 e. The Kier molecular flexibility index (Phi) is 8.82. The molecule has 24 heavy (non-hydrogen) atoms. The second kappa shape index (κ2) is 9.83. The first-order valence-electron chi connectivity index (χ1n) is 7.95. The van der Waals surface area contributed by atoms with Gasteiger partial charge in [0, 0.05) is 20.2 Å². The summed E-state index contributed by atoms with van der Waals surface area (Å²) in [5.74, 6) is 0.162. The van der Waals surface area contributed by atoms with Gasteiger partial charge < -0.3 is 15.0 Å². The lowest BCUT2D eigenvalue weighted by atomic mass is 9.78. The molecule has 2 rings (SSSR count). The number of piperidine rings is 1. The van der Waals surface area contributed by atoms with Crippen molar-refractivity contribution in [1.29, 1.82) is 0 Å². The fourth-order valence-electron chi connectivity index (χ4n) is 3.12. The van der Waals surface area contributed by atoms with Crippen LogP contribution < -0.4 is 5.32 Å². The number of rotatable bonds is 6. The lowest BCUT2D eigenvalue weighted by Gasteiger charge is -2.39. The molecule has 0 spiro atoms. The predicted octanol–water partition coefficient (Wildman–Crippen LogP) is 3.78. The Morgan fingerprint density at radius 1 is 1.29 bits per heavy atom. The number of ether oxygens (including phenoxy) is 1. The summed E-state index contributed by atoms with van der Waals surface area (Å²) in [6, 6.07) is 5.51. The van der Waals surface area contributed by atoms with E-state index in [9.17, 15) is 4.79 Å². The number of benzene rings is 1. The fourth-order valence-corrected chi connectivity index (χ4v) is 3.44. The molecular formula is C17H25Cl3N2O2. The number of methoxy groups -OCH3 is 1.